The number of nitrogens with one attached hydrogen (secondary N) is 1. The Morgan fingerprint density at radius 1 is 1.00 bits per heavy atom. The van der Waals surface area contributed by atoms with Crippen LogP contribution in [0.5, 0.6) is 11.5 Å². The summed E-state index contributed by atoms with van der Waals surface area (Å²) in [6, 6.07) is 13.2. The normalized spacial score (nSPS) is 11.9. The van der Waals surface area contributed by atoms with Crippen molar-refractivity contribution in [1.29, 1.82) is 0 Å². The molecule has 1 N–H and O–H groups in total. The van der Waals surface area contributed by atoms with E-state index in [0.29, 0.717) is 5.56 Å². The second kappa shape index (κ2) is 10.4. The number of hydrogen-bond acceptors (Lipinski definition) is 9. The first-order chi connectivity index (χ1) is 16.4. The first kappa shape index (κ1) is 26.1. The van der Waals surface area contributed by atoms with E-state index in [0.717, 1.165) is 29.8 Å². The molecular formula is C21H18BrN3O8S2. The number of sulfonamides is 1. The third kappa shape index (κ3) is 6.35. The van der Waals surface area contributed by atoms with E-state index >= 15 is 0 Å². The molecule has 0 atom stereocenters. The molecule has 0 bridgehead atoms. The molecule has 0 unspecified atom stereocenters. The molecule has 3 rings (SSSR count). The number of non-ortho nitro benzene ring substituents is 1. The lowest BCUT2D eigenvalue weighted by atomic mass is 10.2. The minimum atomic E-state index is -4.35. The van der Waals surface area contributed by atoms with Gasteiger partial charge in [-0.2, -0.15) is 21.9 Å². The number of nitrogens with zero attached hydrogens (tertiary/aromatic N) is 2. The van der Waals surface area contributed by atoms with Gasteiger partial charge in [-0.15, -0.1) is 0 Å². The van der Waals surface area contributed by atoms with Crippen LogP contribution in [0.25, 0.3) is 0 Å². The molecule has 3 aromatic carbocycles. The van der Waals surface area contributed by atoms with Crippen molar-refractivity contribution < 1.29 is 30.7 Å². The Bertz CT molecular complexity index is 1490. The first-order valence-corrected chi connectivity index (χ1v) is 13.3. The predicted octanol–water partition coefficient (Wildman–Crippen LogP) is 3.75. The molecule has 11 nitrogen and oxygen atoms in total. The van der Waals surface area contributed by atoms with Crippen molar-refractivity contribution in [2.24, 2.45) is 5.10 Å². The zero-order valence-corrected chi connectivity index (χ0v) is 21.4. The third-order valence-electron chi connectivity index (χ3n) is 4.50. The molecular weight excluding hydrogens is 566 g/mol. The smallest absolute Gasteiger partial charge is 0.339 e. The van der Waals surface area contributed by atoms with Crippen molar-refractivity contribution in [3.05, 3.63) is 86.4 Å². The lowest BCUT2D eigenvalue weighted by Crippen LogP contribution is -2.18. The van der Waals surface area contributed by atoms with Crippen LogP contribution >= 0.6 is 15.9 Å². The molecule has 0 aliphatic rings. The second-order valence-corrected chi connectivity index (χ2v) is 11.1. The van der Waals surface area contributed by atoms with Crippen LogP contribution in [0, 0.1) is 17.0 Å². The van der Waals surface area contributed by atoms with E-state index < -0.39 is 25.1 Å². The van der Waals surface area contributed by atoms with Gasteiger partial charge in [0.25, 0.3) is 15.7 Å². The van der Waals surface area contributed by atoms with Crippen molar-refractivity contribution >= 4 is 48.0 Å². The average molecular weight is 584 g/mol. The SMILES string of the molecule is COc1cc(/C=N\NS(=O)(=O)c2ccc(C)cc2)cc(Br)c1OS(=O)(=O)c1ccc([N+](=O)[O-])cc1. The molecule has 3 aromatic rings. The van der Waals surface area contributed by atoms with Crippen molar-refractivity contribution in [2.75, 3.05) is 7.11 Å². The highest BCUT2D eigenvalue weighted by molar-refractivity contribution is 9.10. The number of nitro groups is 1. The van der Waals surface area contributed by atoms with E-state index in [4.69, 9.17) is 8.92 Å². The Hall–Kier alpha value is -3.49. The van der Waals surface area contributed by atoms with Crippen LogP contribution in [0.4, 0.5) is 5.69 Å². The molecule has 0 heterocycles. The molecule has 0 spiro atoms. The van der Waals surface area contributed by atoms with Gasteiger partial charge in [0.2, 0.25) is 0 Å². The Labute approximate surface area is 209 Å². The van der Waals surface area contributed by atoms with E-state index in [-0.39, 0.29) is 31.5 Å². The summed E-state index contributed by atoms with van der Waals surface area (Å²) in [6.45, 7) is 1.83. The zero-order valence-electron chi connectivity index (χ0n) is 18.2. The maximum Gasteiger partial charge on any atom is 0.339 e. The summed E-state index contributed by atoms with van der Waals surface area (Å²) in [6.07, 6.45) is 1.20. The third-order valence-corrected chi connectivity index (χ3v) is 7.56. The Morgan fingerprint density at radius 3 is 2.17 bits per heavy atom. The number of hydrogen-bond donors (Lipinski definition) is 1. The molecule has 0 aliphatic carbocycles. The minimum absolute atomic E-state index is 0.00713. The van der Waals surface area contributed by atoms with Crippen molar-refractivity contribution in [1.82, 2.24) is 4.83 Å². The summed E-state index contributed by atoms with van der Waals surface area (Å²) >= 11 is 3.21. The van der Waals surface area contributed by atoms with E-state index in [1.807, 2.05) is 6.92 Å². The van der Waals surface area contributed by atoms with E-state index in [1.165, 1.54) is 37.6 Å². The summed E-state index contributed by atoms with van der Waals surface area (Å²) in [4.78, 5) is 12.0. The Kier molecular flexibility index (Phi) is 7.77. The van der Waals surface area contributed by atoms with Crippen LogP contribution < -0.4 is 13.8 Å². The lowest BCUT2D eigenvalue weighted by Gasteiger charge is -2.13. The highest BCUT2D eigenvalue weighted by Gasteiger charge is 2.23. The summed E-state index contributed by atoms with van der Waals surface area (Å²) in [5.41, 5.74) is 0.993. The van der Waals surface area contributed by atoms with Crippen molar-refractivity contribution in [3.63, 3.8) is 0 Å². The molecule has 35 heavy (non-hydrogen) atoms. The topological polar surface area (TPSA) is 154 Å². The fourth-order valence-corrected chi connectivity index (χ4v) is 5.12. The summed E-state index contributed by atoms with van der Waals surface area (Å²) in [7, 11) is -6.95. The van der Waals surface area contributed by atoms with Gasteiger partial charge in [-0.25, -0.2) is 4.83 Å². The van der Waals surface area contributed by atoms with Gasteiger partial charge < -0.3 is 8.92 Å². The van der Waals surface area contributed by atoms with Gasteiger partial charge in [0.15, 0.2) is 11.5 Å². The van der Waals surface area contributed by atoms with Gasteiger partial charge in [0, 0.05) is 12.1 Å². The summed E-state index contributed by atoms with van der Waals surface area (Å²) in [5.74, 6) is -0.170. The van der Waals surface area contributed by atoms with Crippen LogP contribution in [0.3, 0.4) is 0 Å². The standard InChI is InChI=1S/C21H18BrN3O8S2/c1-14-3-7-17(8-4-14)34(28,29)24-23-13-15-11-19(22)21(20(12-15)32-2)33-35(30,31)18-9-5-16(6-10-18)25(26)27/h3-13,24H,1-2H3/b23-13-. The monoisotopic (exact) mass is 583 g/mol. The highest BCUT2D eigenvalue weighted by Crippen LogP contribution is 2.38. The molecule has 0 aliphatic heterocycles. The van der Waals surface area contributed by atoms with Gasteiger partial charge in [-0.3, -0.25) is 10.1 Å². The number of methoxy groups -OCH3 is 1. The zero-order chi connectivity index (χ0) is 25.8. The van der Waals surface area contributed by atoms with E-state index in [9.17, 15) is 26.9 Å². The molecule has 0 aromatic heterocycles. The molecule has 0 saturated carbocycles. The average Bonchev–Trinajstić information content (AvgIpc) is 2.80. The highest BCUT2D eigenvalue weighted by atomic mass is 79.9. The van der Waals surface area contributed by atoms with Crippen LogP contribution in [0.1, 0.15) is 11.1 Å². The van der Waals surface area contributed by atoms with Gasteiger partial charge in [0.05, 0.1) is 27.6 Å². The van der Waals surface area contributed by atoms with Crippen LogP contribution in [-0.4, -0.2) is 35.1 Å². The quantitative estimate of drug-likeness (QED) is 0.173. The molecule has 0 amide bonds. The fraction of sp³-hybridized carbons (Fsp3) is 0.0952. The number of halogens is 1. The number of benzene rings is 3. The van der Waals surface area contributed by atoms with Crippen LogP contribution in [-0.2, 0) is 20.1 Å². The van der Waals surface area contributed by atoms with Crippen LogP contribution in [0.15, 0.2) is 80.0 Å². The maximum atomic E-state index is 12.7. The summed E-state index contributed by atoms with van der Waals surface area (Å²) < 4.78 is 60.6. The Balaban J connectivity index is 1.82. The molecule has 0 radical (unpaired) electrons. The predicted molar refractivity (Wildman–Crippen MR) is 131 cm³/mol. The fourth-order valence-electron chi connectivity index (χ4n) is 2.73. The van der Waals surface area contributed by atoms with E-state index in [2.05, 4.69) is 25.9 Å². The van der Waals surface area contributed by atoms with Gasteiger partial charge in [0.1, 0.15) is 4.90 Å². The lowest BCUT2D eigenvalue weighted by molar-refractivity contribution is -0.384. The van der Waals surface area contributed by atoms with Gasteiger partial charge in [-0.05, 0) is 64.8 Å². The number of ether oxygens (including phenoxy) is 1. The number of nitro benzene ring substituents is 1. The Morgan fingerprint density at radius 2 is 1.60 bits per heavy atom. The van der Waals surface area contributed by atoms with Crippen molar-refractivity contribution in [3.8, 4) is 11.5 Å². The van der Waals surface area contributed by atoms with Gasteiger partial charge >= 0.3 is 10.1 Å². The van der Waals surface area contributed by atoms with E-state index in [1.54, 1.807) is 12.1 Å². The van der Waals surface area contributed by atoms with Gasteiger partial charge in [-0.1, -0.05) is 17.7 Å². The minimum Gasteiger partial charge on any atom is -0.493 e. The number of aryl methyl sites for hydroxylation is 1. The molecule has 0 fully saturated rings. The second-order valence-electron chi connectivity index (χ2n) is 6.99. The molecule has 14 heteroatoms. The largest absolute Gasteiger partial charge is 0.493 e. The first-order valence-electron chi connectivity index (χ1n) is 9.61. The maximum absolute atomic E-state index is 12.7. The molecule has 0 saturated heterocycles. The number of rotatable bonds is 9. The summed E-state index contributed by atoms with van der Waals surface area (Å²) in [5, 5.41) is 14.5. The van der Waals surface area contributed by atoms with Crippen LogP contribution in [0.2, 0.25) is 0 Å². The number of hydrazone groups is 1. The molecule has 184 valence electrons. The van der Waals surface area contributed by atoms with Crippen molar-refractivity contribution in [2.45, 2.75) is 16.7 Å².